The molecule has 0 fully saturated rings. The van der Waals surface area contributed by atoms with Crippen molar-refractivity contribution < 1.29 is 4.79 Å². The van der Waals surface area contributed by atoms with E-state index < -0.39 is 0 Å². The number of pyridine rings is 1. The zero-order chi connectivity index (χ0) is 13.2. The lowest BCUT2D eigenvalue weighted by Gasteiger charge is -2.29. The number of nitrogens with zero attached hydrogens (tertiary/aromatic N) is 2. The van der Waals surface area contributed by atoms with E-state index in [1.54, 1.807) is 18.3 Å². The molecule has 0 saturated heterocycles. The van der Waals surface area contributed by atoms with Crippen molar-refractivity contribution in [1.82, 2.24) is 4.98 Å². The molecular formula is C15H13BrN2O. The molecule has 1 aromatic carbocycles. The highest BCUT2D eigenvalue weighted by atomic mass is 79.9. The number of halogens is 1. The lowest BCUT2D eigenvalue weighted by Crippen LogP contribution is -2.35. The maximum atomic E-state index is 12.5. The van der Waals surface area contributed by atoms with Crippen LogP contribution in [0.2, 0.25) is 0 Å². The van der Waals surface area contributed by atoms with Crippen LogP contribution in [0.25, 0.3) is 0 Å². The molecule has 2 heterocycles. The number of anilines is 1. The second-order valence-corrected chi connectivity index (χ2v) is 5.37. The molecule has 1 aliphatic heterocycles. The summed E-state index contributed by atoms with van der Waals surface area (Å²) in [5, 5.41) is 0. The van der Waals surface area contributed by atoms with Gasteiger partial charge in [0.2, 0.25) is 0 Å². The van der Waals surface area contributed by atoms with Crippen LogP contribution in [-0.2, 0) is 6.42 Å². The van der Waals surface area contributed by atoms with E-state index in [1.807, 2.05) is 23.1 Å². The van der Waals surface area contributed by atoms with Gasteiger partial charge in [0.25, 0.3) is 5.91 Å². The Morgan fingerprint density at radius 1 is 1.21 bits per heavy atom. The molecule has 2 aromatic rings. The Kier molecular flexibility index (Phi) is 3.34. The molecule has 1 aliphatic rings. The van der Waals surface area contributed by atoms with Gasteiger partial charge in [-0.1, -0.05) is 18.2 Å². The number of carbonyl (C=O) groups excluding carboxylic acids is 1. The normalized spacial score (nSPS) is 14.1. The van der Waals surface area contributed by atoms with Gasteiger partial charge in [0.1, 0.15) is 4.60 Å². The van der Waals surface area contributed by atoms with Crippen molar-refractivity contribution in [3.05, 3.63) is 58.3 Å². The van der Waals surface area contributed by atoms with Crippen LogP contribution >= 0.6 is 15.9 Å². The molecule has 4 heteroatoms. The SMILES string of the molecule is O=C(c1ccc(Br)nc1)N1CCCc2ccccc21. The lowest BCUT2D eigenvalue weighted by molar-refractivity contribution is 0.0984. The van der Waals surface area contributed by atoms with Crippen molar-refractivity contribution in [2.45, 2.75) is 12.8 Å². The molecule has 96 valence electrons. The van der Waals surface area contributed by atoms with Gasteiger partial charge in [0.05, 0.1) is 5.56 Å². The summed E-state index contributed by atoms with van der Waals surface area (Å²) in [6.45, 7) is 0.770. The van der Waals surface area contributed by atoms with E-state index in [1.165, 1.54) is 5.56 Å². The number of rotatable bonds is 1. The van der Waals surface area contributed by atoms with Crippen molar-refractivity contribution in [2.75, 3.05) is 11.4 Å². The number of fused-ring (bicyclic) bond motifs is 1. The minimum absolute atomic E-state index is 0.0205. The van der Waals surface area contributed by atoms with Gasteiger partial charge < -0.3 is 4.90 Å². The summed E-state index contributed by atoms with van der Waals surface area (Å²) in [4.78, 5) is 18.5. The van der Waals surface area contributed by atoms with E-state index in [0.717, 1.165) is 29.7 Å². The van der Waals surface area contributed by atoms with Crippen LogP contribution in [-0.4, -0.2) is 17.4 Å². The van der Waals surface area contributed by atoms with E-state index in [9.17, 15) is 4.79 Å². The largest absolute Gasteiger partial charge is 0.308 e. The maximum Gasteiger partial charge on any atom is 0.259 e. The van der Waals surface area contributed by atoms with Crippen molar-refractivity contribution in [3.63, 3.8) is 0 Å². The molecule has 0 unspecified atom stereocenters. The van der Waals surface area contributed by atoms with Crippen molar-refractivity contribution in [2.24, 2.45) is 0 Å². The van der Waals surface area contributed by atoms with Crippen LogP contribution < -0.4 is 4.90 Å². The standard InChI is InChI=1S/C15H13BrN2O/c16-14-8-7-12(10-17-14)15(19)18-9-3-5-11-4-1-2-6-13(11)18/h1-2,4,6-8,10H,3,5,9H2. The Morgan fingerprint density at radius 3 is 2.84 bits per heavy atom. The van der Waals surface area contributed by atoms with Crippen molar-refractivity contribution >= 4 is 27.5 Å². The summed E-state index contributed by atoms with van der Waals surface area (Å²) >= 11 is 3.28. The van der Waals surface area contributed by atoms with Crippen LogP contribution in [0.15, 0.2) is 47.2 Å². The number of aryl methyl sites for hydroxylation is 1. The molecule has 3 nitrogen and oxygen atoms in total. The third kappa shape index (κ3) is 2.40. The average Bonchev–Trinajstić information content (AvgIpc) is 2.47. The Hall–Kier alpha value is -1.68. The summed E-state index contributed by atoms with van der Waals surface area (Å²) in [7, 11) is 0. The first kappa shape index (κ1) is 12.4. The maximum absolute atomic E-state index is 12.5. The summed E-state index contributed by atoms with van der Waals surface area (Å²) in [5.74, 6) is 0.0205. The van der Waals surface area contributed by atoms with Gasteiger partial charge in [-0.3, -0.25) is 4.79 Å². The van der Waals surface area contributed by atoms with Gasteiger partial charge in [0, 0.05) is 18.4 Å². The van der Waals surface area contributed by atoms with Crippen molar-refractivity contribution in [3.8, 4) is 0 Å². The zero-order valence-corrected chi connectivity index (χ0v) is 11.9. The molecule has 19 heavy (non-hydrogen) atoms. The third-order valence-corrected chi connectivity index (χ3v) is 3.80. The fraction of sp³-hybridized carbons (Fsp3) is 0.200. The Balaban J connectivity index is 1.95. The predicted octanol–water partition coefficient (Wildman–Crippen LogP) is 3.44. The van der Waals surface area contributed by atoms with Crippen LogP contribution in [0.3, 0.4) is 0 Å². The van der Waals surface area contributed by atoms with E-state index in [2.05, 4.69) is 27.0 Å². The number of hydrogen-bond acceptors (Lipinski definition) is 2. The highest BCUT2D eigenvalue weighted by Gasteiger charge is 2.23. The quantitative estimate of drug-likeness (QED) is 0.755. The van der Waals surface area contributed by atoms with Crippen LogP contribution in [0.4, 0.5) is 5.69 Å². The highest BCUT2D eigenvalue weighted by Crippen LogP contribution is 2.28. The number of hydrogen-bond donors (Lipinski definition) is 0. The summed E-state index contributed by atoms with van der Waals surface area (Å²) < 4.78 is 0.739. The lowest BCUT2D eigenvalue weighted by atomic mass is 10.0. The molecule has 0 bridgehead atoms. The molecule has 1 aromatic heterocycles. The van der Waals surface area contributed by atoms with E-state index in [-0.39, 0.29) is 5.91 Å². The summed E-state index contributed by atoms with van der Waals surface area (Å²) in [5.41, 5.74) is 2.90. The van der Waals surface area contributed by atoms with Crippen molar-refractivity contribution in [1.29, 1.82) is 0 Å². The molecular weight excluding hydrogens is 304 g/mol. The van der Waals surface area contributed by atoms with Gasteiger partial charge in [-0.2, -0.15) is 0 Å². The van der Waals surface area contributed by atoms with E-state index in [0.29, 0.717) is 5.56 Å². The topological polar surface area (TPSA) is 33.2 Å². The second kappa shape index (κ2) is 5.13. The number of para-hydroxylation sites is 1. The van der Waals surface area contributed by atoms with Gasteiger partial charge in [-0.15, -0.1) is 0 Å². The number of benzene rings is 1. The monoisotopic (exact) mass is 316 g/mol. The summed E-state index contributed by atoms with van der Waals surface area (Å²) in [6, 6.07) is 11.7. The molecule has 1 amide bonds. The van der Waals surface area contributed by atoms with Crippen LogP contribution in [0, 0.1) is 0 Å². The molecule has 0 radical (unpaired) electrons. The predicted molar refractivity (Wildman–Crippen MR) is 78.4 cm³/mol. The molecule has 0 N–H and O–H groups in total. The Labute approximate surface area is 120 Å². The Morgan fingerprint density at radius 2 is 2.05 bits per heavy atom. The molecule has 0 atom stereocenters. The molecule has 0 spiro atoms. The van der Waals surface area contributed by atoms with Gasteiger partial charge in [-0.25, -0.2) is 4.98 Å². The average molecular weight is 317 g/mol. The smallest absolute Gasteiger partial charge is 0.259 e. The minimum atomic E-state index is 0.0205. The Bertz CT molecular complexity index is 610. The van der Waals surface area contributed by atoms with Gasteiger partial charge in [0.15, 0.2) is 0 Å². The first-order chi connectivity index (χ1) is 9.25. The molecule has 0 saturated carbocycles. The van der Waals surface area contributed by atoms with Gasteiger partial charge in [-0.05, 0) is 52.5 Å². The fourth-order valence-electron chi connectivity index (χ4n) is 2.40. The summed E-state index contributed by atoms with van der Waals surface area (Å²) in [6.07, 6.45) is 3.66. The molecule has 3 rings (SSSR count). The number of amides is 1. The van der Waals surface area contributed by atoms with Crippen LogP contribution in [0.5, 0.6) is 0 Å². The van der Waals surface area contributed by atoms with Crippen LogP contribution in [0.1, 0.15) is 22.3 Å². The fourth-order valence-corrected chi connectivity index (χ4v) is 2.64. The second-order valence-electron chi connectivity index (χ2n) is 4.56. The highest BCUT2D eigenvalue weighted by molar-refractivity contribution is 9.10. The first-order valence-electron chi connectivity index (χ1n) is 6.27. The number of aromatic nitrogens is 1. The minimum Gasteiger partial charge on any atom is -0.308 e. The third-order valence-electron chi connectivity index (χ3n) is 3.33. The molecule has 0 aliphatic carbocycles. The van der Waals surface area contributed by atoms with Gasteiger partial charge >= 0.3 is 0 Å². The van der Waals surface area contributed by atoms with E-state index >= 15 is 0 Å². The van der Waals surface area contributed by atoms with E-state index in [4.69, 9.17) is 0 Å². The first-order valence-corrected chi connectivity index (χ1v) is 7.06. The zero-order valence-electron chi connectivity index (χ0n) is 10.3. The number of carbonyl (C=O) groups is 1.